The summed E-state index contributed by atoms with van der Waals surface area (Å²) in [5, 5.41) is 10.8. The third-order valence-electron chi connectivity index (χ3n) is 3.90. The third-order valence-corrected chi connectivity index (χ3v) is 5.77. The quantitative estimate of drug-likeness (QED) is 0.416. The van der Waals surface area contributed by atoms with Crippen molar-refractivity contribution in [3.63, 3.8) is 0 Å². The van der Waals surface area contributed by atoms with Crippen molar-refractivity contribution in [2.45, 2.75) is 12.2 Å². The van der Waals surface area contributed by atoms with Gasteiger partial charge in [-0.3, -0.25) is 0 Å². The van der Waals surface area contributed by atoms with Crippen LogP contribution in [0.2, 0.25) is 0 Å². The first-order valence-corrected chi connectivity index (χ1v) is 9.85. The molecule has 3 heterocycles. The number of alkyl halides is 4. The number of halogens is 4. The van der Waals surface area contributed by atoms with Crippen LogP contribution in [-0.4, -0.2) is 38.5 Å². The highest BCUT2D eigenvalue weighted by molar-refractivity contribution is 7.79. The van der Waals surface area contributed by atoms with Crippen LogP contribution < -0.4 is 13.7 Å². The number of imidazole rings is 1. The monoisotopic (exact) mass is 477 g/mol. The van der Waals surface area contributed by atoms with Crippen LogP contribution in [0.1, 0.15) is 15.5 Å². The first kappa shape index (κ1) is 20.9. The molecule has 1 aliphatic rings. The van der Waals surface area contributed by atoms with Crippen molar-refractivity contribution in [2.75, 3.05) is 7.11 Å². The molecule has 0 amide bonds. The Bertz CT molecular complexity index is 1280. The van der Waals surface area contributed by atoms with Gasteiger partial charge in [-0.15, -0.1) is 11.3 Å². The number of methoxy groups -OCH3 is 1. The summed E-state index contributed by atoms with van der Waals surface area (Å²) >= 11 is -1.59. The van der Waals surface area contributed by atoms with E-state index in [9.17, 15) is 31.8 Å². The second kappa shape index (κ2) is 7.10. The van der Waals surface area contributed by atoms with Crippen LogP contribution in [0.15, 0.2) is 23.6 Å². The molecule has 0 radical (unpaired) electrons. The molecule has 0 N–H and O–H groups in total. The molecule has 2 aromatic heterocycles. The van der Waals surface area contributed by atoms with Crippen LogP contribution in [0.5, 0.6) is 17.2 Å². The van der Waals surface area contributed by atoms with Gasteiger partial charge in [-0.1, -0.05) is 0 Å². The standard InChI is InChI=1S/C16H7F4N3O6S2/c1-26-14(24)13-9(2-3-30-13)29-31(25)23-8-5-11-10(4-7(8)22-12(23)6-21)27-15(17,18)16(19,20)28-11/h2-5H,1H3. The zero-order chi connectivity index (χ0) is 22.6. The van der Waals surface area contributed by atoms with Gasteiger partial charge in [0.15, 0.2) is 22.1 Å². The minimum Gasteiger partial charge on any atom is -0.465 e. The number of ether oxygens (including phenoxy) is 3. The number of hydrogen-bond donors (Lipinski definition) is 0. The molecule has 3 aromatic rings. The smallest absolute Gasteiger partial charge is 0.465 e. The van der Waals surface area contributed by atoms with Gasteiger partial charge >= 0.3 is 29.5 Å². The lowest BCUT2D eigenvalue weighted by Crippen LogP contribution is -2.52. The average Bonchev–Trinajstić information content (AvgIpc) is 3.30. The lowest BCUT2D eigenvalue weighted by molar-refractivity contribution is -0.391. The number of aromatic nitrogens is 2. The van der Waals surface area contributed by atoms with E-state index in [-0.39, 0.29) is 21.7 Å². The number of carbonyl (C=O) groups excluding carboxylic acids is 1. The van der Waals surface area contributed by atoms with E-state index >= 15 is 0 Å². The molecule has 0 saturated carbocycles. The Kier molecular flexibility index (Phi) is 4.78. The fraction of sp³-hybridized carbons (Fsp3) is 0.188. The minimum absolute atomic E-state index is 0.0187. The van der Waals surface area contributed by atoms with Crippen LogP contribution in [0.4, 0.5) is 17.6 Å². The highest BCUT2D eigenvalue weighted by Crippen LogP contribution is 2.48. The third kappa shape index (κ3) is 3.33. The minimum atomic E-state index is -4.97. The number of esters is 1. The number of hydrogen-bond acceptors (Lipinski definition) is 9. The Morgan fingerprint density at radius 1 is 1.26 bits per heavy atom. The van der Waals surface area contributed by atoms with Gasteiger partial charge in [-0.25, -0.2) is 9.78 Å². The lowest BCUT2D eigenvalue weighted by Gasteiger charge is -2.31. The molecule has 31 heavy (non-hydrogen) atoms. The fourth-order valence-electron chi connectivity index (χ4n) is 2.56. The maximum atomic E-state index is 13.5. The van der Waals surface area contributed by atoms with E-state index in [2.05, 4.69) is 19.2 Å². The molecule has 1 aromatic carbocycles. The van der Waals surface area contributed by atoms with Gasteiger partial charge in [0, 0.05) is 12.1 Å². The molecule has 0 spiro atoms. The summed E-state index contributed by atoms with van der Waals surface area (Å²) in [5.41, 5.74) is -0.400. The molecule has 0 fully saturated rings. The van der Waals surface area contributed by atoms with Crippen molar-refractivity contribution in [1.82, 2.24) is 8.96 Å². The maximum absolute atomic E-state index is 13.5. The molecule has 0 saturated heterocycles. The number of carbonyl (C=O) groups is 1. The highest BCUT2D eigenvalue weighted by atomic mass is 32.2. The van der Waals surface area contributed by atoms with Gasteiger partial charge in [0.1, 0.15) is 6.07 Å². The van der Waals surface area contributed by atoms with Gasteiger partial charge < -0.3 is 18.4 Å². The van der Waals surface area contributed by atoms with E-state index in [0.29, 0.717) is 3.97 Å². The van der Waals surface area contributed by atoms with Crippen molar-refractivity contribution < 1.29 is 45.0 Å². The number of fused-ring (bicyclic) bond motifs is 2. The summed E-state index contributed by atoms with van der Waals surface area (Å²) in [7, 11) is 1.13. The molecular formula is C16H7F4N3O6S2. The molecule has 9 nitrogen and oxygen atoms in total. The molecule has 4 rings (SSSR count). The Morgan fingerprint density at radius 2 is 1.90 bits per heavy atom. The molecule has 1 atom stereocenters. The van der Waals surface area contributed by atoms with E-state index in [4.69, 9.17) is 4.18 Å². The maximum Gasteiger partial charge on any atom is 0.507 e. The molecule has 1 aliphatic heterocycles. The van der Waals surface area contributed by atoms with Crippen molar-refractivity contribution in [3.05, 3.63) is 34.3 Å². The zero-order valence-electron chi connectivity index (χ0n) is 14.9. The molecule has 162 valence electrons. The van der Waals surface area contributed by atoms with Crippen LogP contribution in [0.25, 0.3) is 11.0 Å². The number of nitrogens with zero attached hydrogens (tertiary/aromatic N) is 3. The molecule has 1 unspecified atom stereocenters. The van der Waals surface area contributed by atoms with Crippen molar-refractivity contribution in [2.24, 2.45) is 0 Å². The number of nitriles is 1. The number of rotatable bonds is 4. The average molecular weight is 477 g/mol. The Labute approximate surface area is 176 Å². The van der Waals surface area contributed by atoms with Crippen molar-refractivity contribution >= 4 is 39.6 Å². The topological polar surface area (TPSA) is 113 Å². The van der Waals surface area contributed by atoms with Crippen molar-refractivity contribution in [3.8, 4) is 23.3 Å². The lowest BCUT2D eigenvalue weighted by atomic mass is 10.2. The predicted molar refractivity (Wildman–Crippen MR) is 95.4 cm³/mol. The van der Waals surface area contributed by atoms with Gasteiger partial charge in [0.25, 0.3) is 0 Å². The summed E-state index contributed by atoms with van der Waals surface area (Å²) in [6, 6.07) is 4.58. The second-order valence-corrected chi connectivity index (χ2v) is 7.66. The van der Waals surface area contributed by atoms with Crippen LogP contribution >= 0.6 is 11.3 Å². The molecule has 0 bridgehead atoms. The van der Waals surface area contributed by atoms with E-state index in [1.807, 2.05) is 0 Å². The molecule has 15 heteroatoms. The Hall–Kier alpha value is -3.38. The molecule has 0 aliphatic carbocycles. The van der Waals surface area contributed by atoms with Crippen LogP contribution in [0.3, 0.4) is 0 Å². The highest BCUT2D eigenvalue weighted by Gasteiger charge is 2.66. The summed E-state index contributed by atoms with van der Waals surface area (Å²) < 4.78 is 85.2. The zero-order valence-corrected chi connectivity index (χ0v) is 16.6. The summed E-state index contributed by atoms with van der Waals surface area (Å²) in [6.07, 6.45) is -9.91. The van der Waals surface area contributed by atoms with Crippen LogP contribution in [0, 0.1) is 11.3 Å². The molecular weight excluding hydrogens is 470 g/mol. The van der Waals surface area contributed by atoms with Crippen molar-refractivity contribution in [1.29, 1.82) is 5.26 Å². The normalized spacial score (nSPS) is 17.0. The number of benzene rings is 1. The van der Waals surface area contributed by atoms with E-state index in [1.165, 1.54) is 11.4 Å². The van der Waals surface area contributed by atoms with Gasteiger partial charge in [-0.2, -0.15) is 31.0 Å². The Morgan fingerprint density at radius 3 is 2.52 bits per heavy atom. The van der Waals surface area contributed by atoms with E-state index < -0.39 is 46.8 Å². The number of thiophene rings is 1. The van der Waals surface area contributed by atoms with Crippen LogP contribution in [-0.2, 0) is 16.0 Å². The predicted octanol–water partition coefficient (Wildman–Crippen LogP) is 3.22. The first-order valence-electron chi connectivity index (χ1n) is 7.94. The summed E-state index contributed by atoms with van der Waals surface area (Å²) in [6.45, 7) is 0. The SMILES string of the molecule is COC(=O)c1sccc1OS(=O)n1c(C#N)nc2cc3c(cc21)OC(F)(F)C(F)(F)O3. The Balaban J connectivity index is 1.79. The van der Waals surface area contributed by atoms with Gasteiger partial charge in [0.2, 0.25) is 5.82 Å². The van der Waals surface area contributed by atoms with Gasteiger partial charge in [0.05, 0.1) is 18.1 Å². The first-order chi connectivity index (χ1) is 14.6. The second-order valence-electron chi connectivity index (χ2n) is 5.77. The van der Waals surface area contributed by atoms with Gasteiger partial charge in [-0.05, 0) is 11.4 Å². The van der Waals surface area contributed by atoms with E-state index in [1.54, 1.807) is 6.07 Å². The largest absolute Gasteiger partial charge is 0.507 e. The fourth-order valence-corrected chi connectivity index (χ4v) is 4.24. The van der Waals surface area contributed by atoms with E-state index in [0.717, 1.165) is 30.6 Å². The summed E-state index contributed by atoms with van der Waals surface area (Å²) in [5.74, 6) is -2.94. The summed E-state index contributed by atoms with van der Waals surface area (Å²) in [4.78, 5) is 15.5.